The van der Waals surface area contributed by atoms with Gasteiger partial charge in [-0.2, -0.15) is 0 Å². The number of aryl methyl sites for hydroxylation is 1. The van der Waals surface area contributed by atoms with Crippen molar-refractivity contribution >= 4 is 27.7 Å². The van der Waals surface area contributed by atoms with Gasteiger partial charge in [-0.1, -0.05) is 0 Å². The zero-order chi connectivity index (χ0) is 9.97. The lowest BCUT2D eigenvalue weighted by molar-refractivity contribution is 0.913. The van der Waals surface area contributed by atoms with Crippen molar-refractivity contribution in [2.75, 3.05) is 5.32 Å². The molecule has 0 aliphatic heterocycles. The van der Waals surface area contributed by atoms with Gasteiger partial charge in [-0.05, 0) is 15.9 Å². The van der Waals surface area contributed by atoms with Crippen LogP contribution in [0.4, 0.5) is 11.8 Å². The van der Waals surface area contributed by atoms with E-state index in [0.29, 0.717) is 5.95 Å². The van der Waals surface area contributed by atoms with Gasteiger partial charge in [0, 0.05) is 25.6 Å². The van der Waals surface area contributed by atoms with Gasteiger partial charge in [0.2, 0.25) is 5.95 Å². The minimum atomic E-state index is 0.534. The van der Waals surface area contributed by atoms with Crippen LogP contribution in [0.15, 0.2) is 29.4 Å². The standard InChI is InChI=1S/C8H8BrN5/c1-14-4-7(12-5-14)13-8-10-2-6(9)3-11-8/h2-5H,1H3,(H,10,11,13). The third-order valence-corrected chi connectivity index (χ3v) is 1.97. The molecule has 0 aliphatic carbocycles. The van der Waals surface area contributed by atoms with E-state index in [2.05, 4.69) is 36.2 Å². The Morgan fingerprint density at radius 3 is 2.57 bits per heavy atom. The summed E-state index contributed by atoms with van der Waals surface area (Å²) in [6, 6.07) is 0. The number of aromatic nitrogens is 4. The summed E-state index contributed by atoms with van der Waals surface area (Å²) in [5.41, 5.74) is 0. The highest BCUT2D eigenvalue weighted by atomic mass is 79.9. The summed E-state index contributed by atoms with van der Waals surface area (Å²) in [6.45, 7) is 0. The first-order valence-corrected chi connectivity index (χ1v) is 4.76. The average Bonchev–Trinajstić information content (AvgIpc) is 2.56. The van der Waals surface area contributed by atoms with E-state index in [1.54, 1.807) is 18.7 Å². The summed E-state index contributed by atoms with van der Waals surface area (Å²) in [7, 11) is 1.90. The smallest absolute Gasteiger partial charge is 0.228 e. The first-order valence-electron chi connectivity index (χ1n) is 3.96. The summed E-state index contributed by atoms with van der Waals surface area (Å²) < 4.78 is 2.70. The summed E-state index contributed by atoms with van der Waals surface area (Å²) >= 11 is 3.26. The van der Waals surface area contributed by atoms with E-state index in [1.807, 2.05) is 17.8 Å². The van der Waals surface area contributed by atoms with Gasteiger partial charge in [-0.3, -0.25) is 0 Å². The van der Waals surface area contributed by atoms with Gasteiger partial charge in [-0.25, -0.2) is 15.0 Å². The maximum absolute atomic E-state index is 4.09. The molecule has 0 aromatic carbocycles. The molecule has 0 fully saturated rings. The highest BCUT2D eigenvalue weighted by Crippen LogP contribution is 2.11. The molecule has 0 saturated carbocycles. The Balaban J connectivity index is 2.15. The van der Waals surface area contributed by atoms with E-state index in [1.165, 1.54) is 0 Å². The van der Waals surface area contributed by atoms with Gasteiger partial charge in [-0.15, -0.1) is 0 Å². The number of rotatable bonds is 2. The van der Waals surface area contributed by atoms with Crippen LogP contribution in [0.5, 0.6) is 0 Å². The topological polar surface area (TPSA) is 55.6 Å². The largest absolute Gasteiger partial charge is 0.338 e. The van der Waals surface area contributed by atoms with Gasteiger partial charge < -0.3 is 9.88 Å². The zero-order valence-corrected chi connectivity index (χ0v) is 9.06. The van der Waals surface area contributed by atoms with Crippen LogP contribution in [0, 0.1) is 0 Å². The van der Waals surface area contributed by atoms with Gasteiger partial charge in [0.15, 0.2) is 5.82 Å². The minimum absolute atomic E-state index is 0.534. The number of hydrogen-bond acceptors (Lipinski definition) is 4. The Morgan fingerprint density at radius 1 is 1.29 bits per heavy atom. The fraction of sp³-hybridized carbons (Fsp3) is 0.125. The maximum Gasteiger partial charge on any atom is 0.228 e. The lowest BCUT2D eigenvalue weighted by Crippen LogP contribution is -1.96. The third kappa shape index (κ3) is 2.08. The Hall–Kier alpha value is -1.43. The Bertz CT molecular complexity index is 422. The Labute approximate surface area is 89.3 Å². The first-order chi connectivity index (χ1) is 6.74. The molecule has 0 aliphatic rings. The molecular weight excluding hydrogens is 246 g/mol. The monoisotopic (exact) mass is 253 g/mol. The Kier molecular flexibility index (Phi) is 2.45. The number of anilines is 2. The second-order valence-corrected chi connectivity index (χ2v) is 3.69. The van der Waals surface area contributed by atoms with E-state index in [4.69, 9.17) is 0 Å². The normalized spacial score (nSPS) is 10.1. The second kappa shape index (κ2) is 3.75. The summed E-state index contributed by atoms with van der Waals surface area (Å²) in [5, 5.41) is 2.98. The molecule has 0 atom stereocenters. The van der Waals surface area contributed by atoms with Crippen LogP contribution in [-0.4, -0.2) is 19.5 Å². The van der Waals surface area contributed by atoms with Crippen LogP contribution in [0.2, 0.25) is 0 Å². The molecule has 14 heavy (non-hydrogen) atoms. The van der Waals surface area contributed by atoms with Crippen molar-refractivity contribution in [3.8, 4) is 0 Å². The number of hydrogen-bond donors (Lipinski definition) is 1. The molecule has 2 heterocycles. The van der Waals surface area contributed by atoms with Crippen molar-refractivity contribution in [1.82, 2.24) is 19.5 Å². The molecule has 6 heteroatoms. The zero-order valence-electron chi connectivity index (χ0n) is 7.48. The van der Waals surface area contributed by atoms with Crippen LogP contribution >= 0.6 is 15.9 Å². The summed E-state index contributed by atoms with van der Waals surface area (Å²) in [5.74, 6) is 1.27. The molecule has 0 amide bonds. The van der Waals surface area contributed by atoms with Crippen LogP contribution in [0.1, 0.15) is 0 Å². The minimum Gasteiger partial charge on any atom is -0.338 e. The van der Waals surface area contributed by atoms with Crippen molar-refractivity contribution in [2.45, 2.75) is 0 Å². The predicted octanol–water partition coefficient (Wildman–Crippen LogP) is 1.72. The lowest BCUT2D eigenvalue weighted by Gasteiger charge is -1.99. The molecule has 0 spiro atoms. The predicted molar refractivity (Wildman–Crippen MR) is 56.2 cm³/mol. The molecule has 72 valence electrons. The molecule has 2 aromatic heterocycles. The van der Waals surface area contributed by atoms with Gasteiger partial charge in [0.25, 0.3) is 0 Å². The molecule has 1 N–H and O–H groups in total. The second-order valence-electron chi connectivity index (χ2n) is 2.77. The highest BCUT2D eigenvalue weighted by molar-refractivity contribution is 9.10. The Morgan fingerprint density at radius 2 is 2.00 bits per heavy atom. The molecular formula is C8H8BrN5. The van der Waals surface area contributed by atoms with E-state index in [-0.39, 0.29) is 0 Å². The SMILES string of the molecule is Cn1cnc(Nc2ncc(Br)cn2)c1. The van der Waals surface area contributed by atoms with E-state index >= 15 is 0 Å². The highest BCUT2D eigenvalue weighted by Gasteiger charge is 1.99. The first kappa shape index (κ1) is 9.14. The van der Waals surface area contributed by atoms with E-state index < -0.39 is 0 Å². The van der Waals surface area contributed by atoms with Crippen LogP contribution < -0.4 is 5.32 Å². The van der Waals surface area contributed by atoms with Gasteiger partial charge in [0.1, 0.15) is 0 Å². The van der Waals surface area contributed by atoms with Crippen molar-refractivity contribution in [2.24, 2.45) is 7.05 Å². The maximum atomic E-state index is 4.09. The average molecular weight is 254 g/mol. The molecule has 5 nitrogen and oxygen atoms in total. The number of halogens is 1. The molecule has 0 saturated heterocycles. The van der Waals surface area contributed by atoms with Gasteiger partial charge >= 0.3 is 0 Å². The lowest BCUT2D eigenvalue weighted by atomic mass is 10.6. The quantitative estimate of drug-likeness (QED) is 0.886. The van der Waals surface area contributed by atoms with Crippen LogP contribution in [0.25, 0.3) is 0 Å². The van der Waals surface area contributed by atoms with Gasteiger partial charge in [0.05, 0.1) is 10.8 Å². The third-order valence-electron chi connectivity index (χ3n) is 1.57. The van der Waals surface area contributed by atoms with Crippen molar-refractivity contribution in [3.05, 3.63) is 29.4 Å². The molecule has 2 rings (SSSR count). The van der Waals surface area contributed by atoms with Crippen LogP contribution in [-0.2, 0) is 7.05 Å². The summed E-state index contributed by atoms with van der Waals surface area (Å²) in [4.78, 5) is 12.2. The van der Waals surface area contributed by atoms with Crippen LogP contribution in [0.3, 0.4) is 0 Å². The molecule has 2 aromatic rings. The van der Waals surface area contributed by atoms with Crippen molar-refractivity contribution in [3.63, 3.8) is 0 Å². The fourth-order valence-electron chi connectivity index (χ4n) is 0.969. The van der Waals surface area contributed by atoms with E-state index in [9.17, 15) is 0 Å². The summed E-state index contributed by atoms with van der Waals surface area (Å²) in [6.07, 6.45) is 6.92. The van der Waals surface area contributed by atoms with E-state index in [0.717, 1.165) is 10.3 Å². The number of nitrogens with zero attached hydrogens (tertiary/aromatic N) is 4. The number of imidazole rings is 1. The number of nitrogens with one attached hydrogen (secondary N) is 1. The van der Waals surface area contributed by atoms with Crippen molar-refractivity contribution < 1.29 is 0 Å². The fourth-order valence-corrected chi connectivity index (χ4v) is 1.17. The van der Waals surface area contributed by atoms with Crippen molar-refractivity contribution in [1.29, 1.82) is 0 Å². The molecule has 0 unspecified atom stereocenters. The molecule has 0 bridgehead atoms. The molecule has 0 radical (unpaired) electrons.